The van der Waals surface area contributed by atoms with Crippen molar-refractivity contribution in [2.75, 3.05) is 29.8 Å². The van der Waals surface area contributed by atoms with Crippen molar-refractivity contribution in [3.05, 3.63) is 78.1 Å². The van der Waals surface area contributed by atoms with Crippen molar-refractivity contribution in [2.45, 2.75) is 11.3 Å². The Balaban J connectivity index is 1.51. The van der Waals surface area contributed by atoms with E-state index in [1.54, 1.807) is 42.7 Å². The molecule has 0 spiro atoms. The molecule has 0 saturated heterocycles. The summed E-state index contributed by atoms with van der Waals surface area (Å²) in [5.74, 6) is 0.702. The zero-order chi connectivity index (χ0) is 19.6. The van der Waals surface area contributed by atoms with E-state index in [0.29, 0.717) is 18.0 Å². The van der Waals surface area contributed by atoms with Gasteiger partial charge in [-0.3, -0.25) is 9.71 Å². The fourth-order valence-electron chi connectivity index (χ4n) is 3.14. The van der Waals surface area contributed by atoms with E-state index in [9.17, 15) is 8.42 Å². The largest absolute Gasteiger partial charge is 0.490 e. The van der Waals surface area contributed by atoms with Crippen LogP contribution < -0.4 is 14.4 Å². The lowest BCUT2D eigenvalue weighted by Crippen LogP contribution is -2.29. The maximum atomic E-state index is 12.8. The topological polar surface area (TPSA) is 71.5 Å². The number of aromatic nitrogens is 1. The Kier molecular flexibility index (Phi) is 4.92. The second kappa shape index (κ2) is 7.52. The number of ether oxygens (including phenoxy) is 1. The first-order valence-corrected chi connectivity index (χ1v) is 10.5. The molecule has 0 amide bonds. The van der Waals surface area contributed by atoms with Crippen LogP contribution in [-0.4, -0.2) is 33.6 Å². The predicted molar refractivity (Wildman–Crippen MR) is 110 cm³/mol. The van der Waals surface area contributed by atoms with Crippen molar-refractivity contribution < 1.29 is 13.2 Å². The van der Waals surface area contributed by atoms with Gasteiger partial charge in [0.1, 0.15) is 12.4 Å². The van der Waals surface area contributed by atoms with Crippen LogP contribution in [0, 0.1) is 0 Å². The first-order chi connectivity index (χ1) is 13.5. The zero-order valence-electron chi connectivity index (χ0n) is 15.5. The SMILES string of the molecule is CN1CCOc2ccc(S(=O)(=O)Nc3ccc(Cc4ccncc4)cc3)cc21. The van der Waals surface area contributed by atoms with Crippen LogP contribution in [0.2, 0.25) is 0 Å². The number of hydrogen-bond acceptors (Lipinski definition) is 5. The number of likely N-dealkylation sites (N-methyl/N-ethyl adjacent to an activating group) is 1. The van der Waals surface area contributed by atoms with E-state index in [1.165, 1.54) is 0 Å². The van der Waals surface area contributed by atoms with E-state index in [1.807, 2.05) is 36.2 Å². The number of hydrogen-bond donors (Lipinski definition) is 1. The highest BCUT2D eigenvalue weighted by Gasteiger charge is 2.20. The Bertz CT molecular complexity index is 1070. The van der Waals surface area contributed by atoms with Crippen LogP contribution >= 0.6 is 0 Å². The Morgan fingerprint density at radius 2 is 1.75 bits per heavy atom. The van der Waals surface area contributed by atoms with Gasteiger partial charge >= 0.3 is 0 Å². The maximum absolute atomic E-state index is 12.8. The van der Waals surface area contributed by atoms with Crippen molar-refractivity contribution in [1.29, 1.82) is 0 Å². The smallest absolute Gasteiger partial charge is 0.261 e. The van der Waals surface area contributed by atoms with Gasteiger partial charge in [0.05, 0.1) is 17.1 Å². The molecule has 0 saturated carbocycles. The molecule has 0 radical (unpaired) electrons. The minimum Gasteiger partial charge on any atom is -0.490 e. The summed E-state index contributed by atoms with van der Waals surface area (Å²) in [6.45, 7) is 1.32. The molecule has 0 aliphatic carbocycles. The van der Waals surface area contributed by atoms with Gasteiger partial charge in [-0.25, -0.2) is 8.42 Å². The number of sulfonamides is 1. The molecule has 1 aliphatic heterocycles. The van der Waals surface area contributed by atoms with Crippen LogP contribution in [-0.2, 0) is 16.4 Å². The summed E-state index contributed by atoms with van der Waals surface area (Å²) in [4.78, 5) is 6.22. The molecule has 1 aliphatic rings. The van der Waals surface area contributed by atoms with E-state index >= 15 is 0 Å². The molecule has 0 bridgehead atoms. The number of pyridine rings is 1. The summed E-state index contributed by atoms with van der Waals surface area (Å²) in [7, 11) is -1.76. The van der Waals surface area contributed by atoms with Crippen LogP contribution in [0.15, 0.2) is 71.9 Å². The first-order valence-electron chi connectivity index (χ1n) is 9.00. The van der Waals surface area contributed by atoms with Crippen molar-refractivity contribution in [2.24, 2.45) is 0 Å². The minimum absolute atomic E-state index is 0.212. The molecule has 0 atom stereocenters. The number of fused-ring (bicyclic) bond motifs is 1. The van der Waals surface area contributed by atoms with E-state index in [2.05, 4.69) is 9.71 Å². The molecule has 3 aromatic rings. The van der Waals surface area contributed by atoms with Crippen LogP contribution in [0.1, 0.15) is 11.1 Å². The lowest BCUT2D eigenvalue weighted by molar-refractivity contribution is 0.311. The molecular formula is C21H21N3O3S. The fourth-order valence-corrected chi connectivity index (χ4v) is 4.22. The lowest BCUT2D eigenvalue weighted by atomic mass is 10.1. The Morgan fingerprint density at radius 3 is 2.50 bits per heavy atom. The quantitative estimate of drug-likeness (QED) is 0.718. The van der Waals surface area contributed by atoms with Crippen molar-refractivity contribution in [3.8, 4) is 5.75 Å². The van der Waals surface area contributed by atoms with Crippen molar-refractivity contribution in [1.82, 2.24) is 4.98 Å². The van der Waals surface area contributed by atoms with Gasteiger partial charge in [0, 0.05) is 25.1 Å². The normalized spacial score (nSPS) is 13.5. The number of benzene rings is 2. The van der Waals surface area contributed by atoms with E-state index in [-0.39, 0.29) is 4.90 Å². The van der Waals surface area contributed by atoms with E-state index < -0.39 is 10.0 Å². The van der Waals surface area contributed by atoms with Crippen LogP contribution in [0.4, 0.5) is 11.4 Å². The second-order valence-electron chi connectivity index (χ2n) is 6.73. The Hall–Kier alpha value is -3.06. The maximum Gasteiger partial charge on any atom is 0.261 e. The van der Waals surface area contributed by atoms with Gasteiger partial charge in [0.25, 0.3) is 10.0 Å². The van der Waals surface area contributed by atoms with Gasteiger partial charge in [-0.2, -0.15) is 0 Å². The molecule has 4 rings (SSSR count). The van der Waals surface area contributed by atoms with Gasteiger partial charge < -0.3 is 9.64 Å². The lowest BCUT2D eigenvalue weighted by Gasteiger charge is -2.28. The van der Waals surface area contributed by atoms with Gasteiger partial charge in [-0.05, 0) is 60.0 Å². The molecule has 2 heterocycles. The van der Waals surface area contributed by atoms with Gasteiger partial charge in [0.15, 0.2) is 0 Å². The highest BCUT2D eigenvalue weighted by molar-refractivity contribution is 7.92. The van der Waals surface area contributed by atoms with Crippen molar-refractivity contribution in [3.63, 3.8) is 0 Å². The summed E-state index contributed by atoms with van der Waals surface area (Å²) in [6.07, 6.45) is 4.30. The minimum atomic E-state index is -3.68. The molecule has 1 aromatic heterocycles. The summed E-state index contributed by atoms with van der Waals surface area (Å²) in [5, 5.41) is 0. The number of anilines is 2. The highest BCUT2D eigenvalue weighted by atomic mass is 32.2. The standard InChI is InChI=1S/C21H21N3O3S/c1-24-12-13-27-21-7-6-19(15-20(21)24)28(25,26)23-18-4-2-16(3-5-18)14-17-8-10-22-11-9-17/h2-11,15,23H,12-14H2,1H3. The van der Waals surface area contributed by atoms with E-state index in [0.717, 1.165) is 29.8 Å². The average molecular weight is 395 g/mol. The third-order valence-electron chi connectivity index (χ3n) is 4.70. The van der Waals surface area contributed by atoms with Crippen LogP contribution in [0.3, 0.4) is 0 Å². The average Bonchev–Trinajstić information content (AvgIpc) is 2.70. The summed E-state index contributed by atoms with van der Waals surface area (Å²) in [5.41, 5.74) is 3.56. The monoisotopic (exact) mass is 395 g/mol. The molecule has 0 fully saturated rings. The fraction of sp³-hybridized carbons (Fsp3) is 0.190. The molecule has 7 heteroatoms. The molecule has 144 valence electrons. The van der Waals surface area contributed by atoms with Crippen LogP contribution in [0.25, 0.3) is 0 Å². The van der Waals surface area contributed by atoms with Gasteiger partial charge in [0.2, 0.25) is 0 Å². The molecule has 1 N–H and O–H groups in total. The molecule has 0 unspecified atom stereocenters. The molecule has 6 nitrogen and oxygen atoms in total. The Morgan fingerprint density at radius 1 is 1.04 bits per heavy atom. The summed E-state index contributed by atoms with van der Waals surface area (Å²) in [6, 6.07) is 16.3. The summed E-state index contributed by atoms with van der Waals surface area (Å²) >= 11 is 0. The van der Waals surface area contributed by atoms with Crippen LogP contribution in [0.5, 0.6) is 5.75 Å². The molecule has 28 heavy (non-hydrogen) atoms. The van der Waals surface area contributed by atoms with Crippen molar-refractivity contribution >= 4 is 21.4 Å². The predicted octanol–water partition coefficient (Wildman–Crippen LogP) is 3.30. The van der Waals surface area contributed by atoms with E-state index in [4.69, 9.17) is 4.74 Å². The molecular weight excluding hydrogens is 374 g/mol. The zero-order valence-corrected chi connectivity index (χ0v) is 16.3. The highest BCUT2D eigenvalue weighted by Crippen LogP contribution is 2.33. The Labute approximate surface area is 164 Å². The second-order valence-corrected chi connectivity index (χ2v) is 8.42. The number of nitrogens with zero attached hydrogens (tertiary/aromatic N) is 2. The third kappa shape index (κ3) is 3.94. The summed E-state index contributed by atoms with van der Waals surface area (Å²) < 4.78 is 33.8. The number of nitrogens with one attached hydrogen (secondary N) is 1. The van der Waals surface area contributed by atoms with Gasteiger partial charge in [-0.1, -0.05) is 12.1 Å². The van der Waals surface area contributed by atoms with Gasteiger partial charge in [-0.15, -0.1) is 0 Å². The third-order valence-corrected chi connectivity index (χ3v) is 6.08. The molecule has 2 aromatic carbocycles. The number of rotatable bonds is 5. The first kappa shape index (κ1) is 18.3.